The maximum absolute atomic E-state index is 14.9. The maximum atomic E-state index is 14.9. The fourth-order valence-corrected chi connectivity index (χ4v) is 12.1. The molecule has 0 N–H and O–H groups in total. The minimum absolute atomic E-state index is 0.0453. The van der Waals surface area contributed by atoms with E-state index >= 15 is 0 Å². The van der Waals surface area contributed by atoms with Crippen molar-refractivity contribution >= 4 is 17.3 Å². The third-order valence-corrected chi connectivity index (χ3v) is 14.8. The van der Waals surface area contributed by atoms with Gasteiger partial charge in [0.05, 0.1) is 5.57 Å². The van der Waals surface area contributed by atoms with Crippen molar-refractivity contribution in [3.8, 4) is 6.07 Å². The maximum Gasteiger partial charge on any atom is 0.178 e. The minimum atomic E-state index is -0.654. The number of nitriles is 1. The first-order valence-electron chi connectivity index (χ1n) is 16.8. The summed E-state index contributed by atoms with van der Waals surface area (Å²) in [5.74, 6) is 0.370. The molecule has 0 aromatic heterocycles. The van der Waals surface area contributed by atoms with Crippen LogP contribution in [0.2, 0.25) is 0 Å². The number of nitrogens with zero attached hydrogens (tertiary/aromatic N) is 1. The van der Waals surface area contributed by atoms with Crippen molar-refractivity contribution in [1.82, 2.24) is 0 Å². The first kappa shape index (κ1) is 32.1. The predicted octanol–water partition coefficient (Wildman–Crippen LogP) is 9.16. The SMILES string of the molecule is C=C(C(C)=O)C(C)CC[C@]12CCC(C)(C)C[C@@]1(C)[C@H]1C(=O)C=C3[C@@]4(C)C=C(C#N)C(=O)C(C)(C)C4CC[C@@]3(C)[C@]1(C)CC2. The number of ketones is 3. The largest absolute Gasteiger partial charge is 0.295 e. The fourth-order valence-electron chi connectivity index (χ4n) is 12.1. The van der Waals surface area contributed by atoms with Crippen LogP contribution in [0.15, 0.2) is 35.5 Å². The second-order valence-electron chi connectivity index (χ2n) is 17.8. The number of carbonyl (C=O) groups is 3. The number of hydrogen-bond donors (Lipinski definition) is 0. The summed E-state index contributed by atoms with van der Waals surface area (Å²) in [7, 11) is 0. The molecule has 0 amide bonds. The molecule has 4 nitrogen and oxygen atoms in total. The third-order valence-electron chi connectivity index (χ3n) is 14.8. The number of hydrogen-bond acceptors (Lipinski definition) is 4. The Hall–Kier alpha value is -2.28. The molecular formula is C39H55NO3. The number of carbonyl (C=O) groups excluding carboxylic acids is 3. The average molecular weight is 586 g/mol. The van der Waals surface area contributed by atoms with Crippen molar-refractivity contribution in [2.45, 2.75) is 127 Å². The van der Waals surface area contributed by atoms with E-state index in [1.165, 1.54) is 0 Å². The van der Waals surface area contributed by atoms with E-state index in [-0.39, 0.29) is 67.8 Å². The molecule has 3 saturated carbocycles. The van der Waals surface area contributed by atoms with Gasteiger partial charge >= 0.3 is 0 Å². The molecule has 0 aromatic rings. The molecule has 0 saturated heterocycles. The Balaban J connectivity index is 1.65. The molecule has 5 rings (SSSR count). The summed E-state index contributed by atoms with van der Waals surface area (Å²) in [5.41, 5.74) is 0.543. The fraction of sp³-hybridized carbons (Fsp3) is 0.744. The molecule has 43 heavy (non-hydrogen) atoms. The Morgan fingerprint density at radius 3 is 2.23 bits per heavy atom. The lowest BCUT2D eigenvalue weighted by atomic mass is 9.30. The Morgan fingerprint density at radius 1 is 1.00 bits per heavy atom. The lowest BCUT2D eigenvalue weighted by Crippen LogP contribution is -2.68. The van der Waals surface area contributed by atoms with Gasteiger partial charge in [0.2, 0.25) is 0 Å². The predicted molar refractivity (Wildman–Crippen MR) is 172 cm³/mol. The van der Waals surface area contributed by atoms with Gasteiger partial charge < -0.3 is 0 Å². The second kappa shape index (κ2) is 9.61. The van der Waals surface area contributed by atoms with Gasteiger partial charge in [0.25, 0.3) is 0 Å². The molecule has 0 bridgehead atoms. The quantitative estimate of drug-likeness (QED) is 0.302. The standard InChI is InChI=1S/C39H55NO3/c1-24(25(2)26(3)41)12-15-39-18-16-33(4,5)23-38(39,11)31-28(42)20-30-35(8)21-27(22-40)32(43)34(6,7)29(35)13-14-36(30,9)37(31,10)17-19-39/h20-21,24,29,31H,2,12-19,23H2,1,3-11H3/t24?,29?,31-,35-,36+,37+,38-,39+/m0/s1. The molecule has 5 aliphatic carbocycles. The molecule has 234 valence electrons. The van der Waals surface area contributed by atoms with Gasteiger partial charge in [0.1, 0.15) is 6.07 Å². The highest BCUT2D eigenvalue weighted by Crippen LogP contribution is 2.78. The summed E-state index contributed by atoms with van der Waals surface area (Å²) >= 11 is 0. The lowest BCUT2D eigenvalue weighted by Gasteiger charge is -2.72. The summed E-state index contributed by atoms with van der Waals surface area (Å²) in [5, 5.41) is 9.99. The first-order valence-corrected chi connectivity index (χ1v) is 16.8. The van der Waals surface area contributed by atoms with Crippen molar-refractivity contribution < 1.29 is 14.4 Å². The topological polar surface area (TPSA) is 75.0 Å². The number of Topliss-reactive ketones (excluding diaryl/α,β-unsaturated/α-hetero) is 2. The Bertz CT molecular complexity index is 1400. The molecule has 8 atom stereocenters. The zero-order valence-corrected chi connectivity index (χ0v) is 28.6. The Labute approximate surface area is 260 Å². The van der Waals surface area contributed by atoms with Crippen LogP contribution in [0.4, 0.5) is 0 Å². The molecule has 0 radical (unpaired) electrons. The van der Waals surface area contributed by atoms with Crippen LogP contribution < -0.4 is 0 Å². The van der Waals surface area contributed by atoms with E-state index in [2.05, 4.69) is 61.1 Å². The van der Waals surface area contributed by atoms with E-state index in [1.807, 2.05) is 26.0 Å². The van der Waals surface area contributed by atoms with Crippen molar-refractivity contribution in [2.75, 3.05) is 0 Å². The van der Waals surface area contributed by atoms with E-state index in [4.69, 9.17) is 0 Å². The number of allylic oxidation sites excluding steroid dienone is 5. The zero-order valence-electron chi connectivity index (χ0n) is 28.6. The molecule has 0 aliphatic heterocycles. The van der Waals surface area contributed by atoms with Gasteiger partial charge in [0.15, 0.2) is 17.3 Å². The monoisotopic (exact) mass is 585 g/mol. The second-order valence-corrected chi connectivity index (χ2v) is 17.8. The van der Waals surface area contributed by atoms with Gasteiger partial charge in [0, 0.05) is 16.7 Å². The molecule has 0 aromatic carbocycles. The number of fused-ring (bicyclic) bond motifs is 7. The van der Waals surface area contributed by atoms with Gasteiger partial charge in [-0.25, -0.2) is 0 Å². The molecule has 3 fully saturated rings. The van der Waals surface area contributed by atoms with Gasteiger partial charge in [-0.1, -0.05) is 80.5 Å². The van der Waals surface area contributed by atoms with Crippen LogP contribution in [0, 0.1) is 67.0 Å². The highest BCUT2D eigenvalue weighted by molar-refractivity contribution is 6.04. The normalized spacial score (nSPS) is 43.5. The van der Waals surface area contributed by atoms with Crippen molar-refractivity contribution in [3.05, 3.63) is 35.5 Å². The van der Waals surface area contributed by atoms with Crippen molar-refractivity contribution in [1.29, 1.82) is 5.26 Å². The minimum Gasteiger partial charge on any atom is -0.295 e. The highest BCUT2D eigenvalue weighted by Gasteiger charge is 2.72. The van der Waals surface area contributed by atoms with Crippen LogP contribution >= 0.6 is 0 Å². The van der Waals surface area contributed by atoms with E-state index in [9.17, 15) is 19.6 Å². The smallest absolute Gasteiger partial charge is 0.178 e. The first-order chi connectivity index (χ1) is 19.7. The molecule has 2 unspecified atom stereocenters. The zero-order chi connectivity index (χ0) is 32.2. The molecular weight excluding hydrogens is 530 g/mol. The molecule has 5 aliphatic rings. The van der Waals surface area contributed by atoms with Crippen LogP contribution in [0.5, 0.6) is 0 Å². The summed E-state index contributed by atoms with van der Waals surface area (Å²) in [6, 6.07) is 2.22. The third kappa shape index (κ3) is 4.15. The molecule has 0 heterocycles. The van der Waals surface area contributed by atoms with E-state index < -0.39 is 10.8 Å². The van der Waals surface area contributed by atoms with Crippen LogP contribution in [0.25, 0.3) is 0 Å². The van der Waals surface area contributed by atoms with Crippen molar-refractivity contribution in [3.63, 3.8) is 0 Å². The van der Waals surface area contributed by atoms with Gasteiger partial charge in [-0.2, -0.15) is 5.26 Å². The highest BCUT2D eigenvalue weighted by atomic mass is 16.1. The average Bonchev–Trinajstić information content (AvgIpc) is 2.90. The Kier molecular flexibility index (Phi) is 7.18. The number of rotatable bonds is 5. The van der Waals surface area contributed by atoms with E-state index in [0.717, 1.165) is 63.4 Å². The van der Waals surface area contributed by atoms with E-state index in [0.29, 0.717) is 5.57 Å². The summed E-state index contributed by atoms with van der Waals surface area (Å²) in [6.45, 7) is 26.1. The van der Waals surface area contributed by atoms with Gasteiger partial charge in [-0.15, -0.1) is 0 Å². The van der Waals surface area contributed by atoms with Gasteiger partial charge in [-0.3, -0.25) is 14.4 Å². The van der Waals surface area contributed by atoms with Crippen LogP contribution in [-0.2, 0) is 14.4 Å². The summed E-state index contributed by atoms with van der Waals surface area (Å²) < 4.78 is 0. The van der Waals surface area contributed by atoms with Crippen LogP contribution in [0.3, 0.4) is 0 Å². The molecule has 4 heteroatoms. The van der Waals surface area contributed by atoms with E-state index in [1.54, 1.807) is 6.92 Å². The van der Waals surface area contributed by atoms with Crippen molar-refractivity contribution in [2.24, 2.45) is 55.7 Å². The summed E-state index contributed by atoms with van der Waals surface area (Å²) in [6.07, 6.45) is 13.1. The Morgan fingerprint density at radius 2 is 1.63 bits per heavy atom. The van der Waals surface area contributed by atoms with Crippen LogP contribution in [-0.4, -0.2) is 17.3 Å². The van der Waals surface area contributed by atoms with Gasteiger partial charge in [-0.05, 0) is 115 Å². The summed E-state index contributed by atoms with van der Waals surface area (Å²) in [4.78, 5) is 40.4. The lowest BCUT2D eigenvalue weighted by molar-refractivity contribution is -0.209. The molecule has 0 spiro atoms. The van der Waals surface area contributed by atoms with Crippen LogP contribution in [0.1, 0.15) is 127 Å².